The van der Waals surface area contributed by atoms with Gasteiger partial charge < -0.3 is 10.4 Å². The SMILES string of the molecule is O=C(O)/C=C/c1cnc(N[C@@H]2CCN(Cc3ccc(Cl)cc3)C2)cn1. The van der Waals surface area contributed by atoms with Crippen LogP contribution in [-0.4, -0.2) is 45.1 Å². The van der Waals surface area contributed by atoms with Crippen LogP contribution < -0.4 is 5.32 Å². The molecule has 6 nitrogen and oxygen atoms in total. The molecular weight excluding hydrogens is 340 g/mol. The standard InChI is InChI=1S/C18H19ClN4O2/c19-14-3-1-13(2-4-14)11-23-8-7-16(12-23)22-17-10-20-15(9-21-17)5-6-18(24)25/h1-6,9-10,16H,7-8,11-12H2,(H,21,22)(H,24,25)/b6-5+/t16-/m1/s1. The third-order valence-corrected chi connectivity index (χ3v) is 4.26. The lowest BCUT2D eigenvalue weighted by Crippen LogP contribution is -2.26. The summed E-state index contributed by atoms with van der Waals surface area (Å²) in [5, 5.41) is 12.7. The summed E-state index contributed by atoms with van der Waals surface area (Å²) >= 11 is 5.92. The summed E-state index contributed by atoms with van der Waals surface area (Å²) in [5.74, 6) is -0.304. The number of aromatic nitrogens is 2. The molecule has 0 spiro atoms. The highest BCUT2D eigenvalue weighted by atomic mass is 35.5. The fraction of sp³-hybridized carbons (Fsp3) is 0.278. The molecule has 0 amide bonds. The van der Waals surface area contributed by atoms with E-state index in [-0.39, 0.29) is 0 Å². The first-order valence-electron chi connectivity index (χ1n) is 8.05. The first-order valence-corrected chi connectivity index (χ1v) is 8.43. The zero-order valence-electron chi connectivity index (χ0n) is 13.6. The van der Waals surface area contributed by atoms with Crippen molar-refractivity contribution in [3.05, 3.63) is 59.0 Å². The van der Waals surface area contributed by atoms with Crippen molar-refractivity contribution in [3.63, 3.8) is 0 Å². The fourth-order valence-electron chi connectivity index (χ4n) is 2.81. The van der Waals surface area contributed by atoms with Gasteiger partial charge in [0, 0.05) is 36.8 Å². The van der Waals surface area contributed by atoms with Gasteiger partial charge in [-0.3, -0.25) is 9.88 Å². The van der Waals surface area contributed by atoms with E-state index in [1.54, 1.807) is 12.4 Å². The molecule has 1 atom stereocenters. The smallest absolute Gasteiger partial charge is 0.328 e. The molecule has 1 saturated heterocycles. The summed E-state index contributed by atoms with van der Waals surface area (Å²) in [7, 11) is 0. The van der Waals surface area contributed by atoms with E-state index in [2.05, 4.69) is 32.3 Å². The molecular formula is C18H19ClN4O2. The lowest BCUT2D eigenvalue weighted by molar-refractivity contribution is -0.131. The van der Waals surface area contributed by atoms with Crippen molar-refractivity contribution in [2.75, 3.05) is 18.4 Å². The van der Waals surface area contributed by atoms with Crippen molar-refractivity contribution in [1.82, 2.24) is 14.9 Å². The lowest BCUT2D eigenvalue weighted by atomic mass is 10.2. The molecule has 7 heteroatoms. The van der Waals surface area contributed by atoms with Gasteiger partial charge in [-0.25, -0.2) is 9.78 Å². The summed E-state index contributed by atoms with van der Waals surface area (Å²) < 4.78 is 0. The number of carboxylic acid groups (broad SMARTS) is 1. The Bertz CT molecular complexity index is 747. The number of benzene rings is 1. The summed E-state index contributed by atoms with van der Waals surface area (Å²) in [4.78, 5) is 21.4. The van der Waals surface area contributed by atoms with Gasteiger partial charge in [0.15, 0.2) is 0 Å². The van der Waals surface area contributed by atoms with Crippen LogP contribution >= 0.6 is 11.6 Å². The maximum absolute atomic E-state index is 10.5. The average Bonchev–Trinajstić information content (AvgIpc) is 3.03. The van der Waals surface area contributed by atoms with Crippen LogP contribution in [0.3, 0.4) is 0 Å². The van der Waals surface area contributed by atoms with Gasteiger partial charge in [-0.15, -0.1) is 0 Å². The Morgan fingerprint density at radius 2 is 2.12 bits per heavy atom. The van der Waals surface area contributed by atoms with E-state index in [1.807, 2.05) is 12.1 Å². The number of hydrogen-bond acceptors (Lipinski definition) is 5. The highest BCUT2D eigenvalue weighted by Crippen LogP contribution is 2.18. The molecule has 0 aliphatic carbocycles. The predicted molar refractivity (Wildman–Crippen MR) is 97.5 cm³/mol. The lowest BCUT2D eigenvalue weighted by Gasteiger charge is -2.17. The van der Waals surface area contributed by atoms with E-state index in [1.165, 1.54) is 11.6 Å². The van der Waals surface area contributed by atoms with Crippen molar-refractivity contribution in [2.45, 2.75) is 19.0 Å². The number of halogens is 1. The average molecular weight is 359 g/mol. The molecule has 0 saturated carbocycles. The summed E-state index contributed by atoms with van der Waals surface area (Å²) in [6, 6.07) is 8.26. The van der Waals surface area contributed by atoms with E-state index in [0.29, 0.717) is 17.6 Å². The minimum Gasteiger partial charge on any atom is -0.478 e. The zero-order chi connectivity index (χ0) is 17.6. The summed E-state index contributed by atoms with van der Waals surface area (Å²) in [5.41, 5.74) is 1.77. The Hall–Kier alpha value is -2.44. The minimum atomic E-state index is -1.00. The number of carboxylic acids is 1. The van der Waals surface area contributed by atoms with E-state index < -0.39 is 5.97 Å². The highest BCUT2D eigenvalue weighted by molar-refractivity contribution is 6.30. The highest BCUT2D eigenvalue weighted by Gasteiger charge is 2.22. The van der Waals surface area contributed by atoms with Gasteiger partial charge >= 0.3 is 5.97 Å². The molecule has 2 aromatic rings. The number of aliphatic carboxylic acids is 1. The van der Waals surface area contributed by atoms with Gasteiger partial charge in [-0.05, 0) is 30.2 Å². The summed E-state index contributed by atoms with van der Waals surface area (Å²) in [6.45, 7) is 2.86. The number of rotatable bonds is 6. The quantitative estimate of drug-likeness (QED) is 0.773. The van der Waals surface area contributed by atoms with Crippen molar-refractivity contribution in [2.24, 2.45) is 0 Å². The molecule has 1 aliphatic heterocycles. The van der Waals surface area contributed by atoms with Gasteiger partial charge in [0.05, 0.1) is 18.1 Å². The van der Waals surface area contributed by atoms with Crippen LogP contribution in [0.25, 0.3) is 6.08 Å². The molecule has 1 aromatic heterocycles. The van der Waals surface area contributed by atoms with Crippen LogP contribution in [0.4, 0.5) is 5.82 Å². The second kappa shape index (κ2) is 8.09. The number of carbonyl (C=O) groups is 1. The van der Waals surface area contributed by atoms with Gasteiger partial charge in [0.25, 0.3) is 0 Å². The van der Waals surface area contributed by atoms with Crippen LogP contribution in [0, 0.1) is 0 Å². The molecule has 0 unspecified atom stereocenters. The van der Waals surface area contributed by atoms with Crippen molar-refractivity contribution in [3.8, 4) is 0 Å². The molecule has 2 heterocycles. The number of hydrogen-bond donors (Lipinski definition) is 2. The topological polar surface area (TPSA) is 78.3 Å². The number of nitrogens with zero attached hydrogens (tertiary/aromatic N) is 3. The van der Waals surface area contributed by atoms with Crippen LogP contribution in [-0.2, 0) is 11.3 Å². The van der Waals surface area contributed by atoms with Crippen LogP contribution in [0.2, 0.25) is 5.02 Å². The first-order chi connectivity index (χ1) is 12.1. The number of nitrogens with one attached hydrogen (secondary N) is 1. The Balaban J connectivity index is 1.51. The Morgan fingerprint density at radius 1 is 1.32 bits per heavy atom. The van der Waals surface area contributed by atoms with Crippen LogP contribution in [0.1, 0.15) is 17.7 Å². The van der Waals surface area contributed by atoms with Crippen LogP contribution in [0.5, 0.6) is 0 Å². The zero-order valence-corrected chi connectivity index (χ0v) is 14.4. The molecule has 0 radical (unpaired) electrons. The number of anilines is 1. The molecule has 1 aromatic carbocycles. The van der Waals surface area contributed by atoms with E-state index >= 15 is 0 Å². The van der Waals surface area contributed by atoms with Gasteiger partial charge in [0.1, 0.15) is 5.82 Å². The molecule has 2 N–H and O–H groups in total. The molecule has 1 fully saturated rings. The molecule has 25 heavy (non-hydrogen) atoms. The minimum absolute atomic E-state index is 0.321. The first kappa shape index (κ1) is 17.4. The molecule has 130 valence electrons. The molecule has 3 rings (SSSR count). The van der Waals surface area contributed by atoms with Crippen molar-refractivity contribution < 1.29 is 9.90 Å². The van der Waals surface area contributed by atoms with Crippen molar-refractivity contribution >= 4 is 29.5 Å². The second-order valence-electron chi connectivity index (χ2n) is 5.99. The number of likely N-dealkylation sites (tertiary alicyclic amines) is 1. The van der Waals surface area contributed by atoms with Crippen molar-refractivity contribution in [1.29, 1.82) is 0 Å². The van der Waals surface area contributed by atoms with E-state index in [4.69, 9.17) is 16.7 Å². The molecule has 0 bridgehead atoms. The Labute approximate surface area is 151 Å². The Kier molecular flexibility index (Phi) is 5.63. The van der Waals surface area contributed by atoms with E-state index in [9.17, 15) is 4.79 Å². The van der Waals surface area contributed by atoms with Gasteiger partial charge in [-0.2, -0.15) is 0 Å². The largest absolute Gasteiger partial charge is 0.478 e. The van der Waals surface area contributed by atoms with Crippen LogP contribution in [0.15, 0.2) is 42.7 Å². The van der Waals surface area contributed by atoms with E-state index in [0.717, 1.165) is 37.2 Å². The normalized spacial score (nSPS) is 17.9. The predicted octanol–water partition coefficient (Wildman–Crippen LogP) is 2.91. The summed E-state index contributed by atoms with van der Waals surface area (Å²) in [6.07, 6.45) is 6.69. The second-order valence-corrected chi connectivity index (χ2v) is 6.43. The molecule has 1 aliphatic rings. The van der Waals surface area contributed by atoms with Gasteiger partial charge in [0.2, 0.25) is 0 Å². The monoisotopic (exact) mass is 358 g/mol. The maximum Gasteiger partial charge on any atom is 0.328 e. The van der Waals surface area contributed by atoms with Gasteiger partial charge in [-0.1, -0.05) is 23.7 Å². The maximum atomic E-state index is 10.5. The third kappa shape index (κ3) is 5.27. The third-order valence-electron chi connectivity index (χ3n) is 4.01. The fourth-order valence-corrected chi connectivity index (χ4v) is 2.93. The Morgan fingerprint density at radius 3 is 2.80 bits per heavy atom.